The molecule has 1 aromatic heterocycles. The summed E-state index contributed by atoms with van der Waals surface area (Å²) in [6, 6.07) is 2.28. The number of nitriles is 1. The van der Waals surface area contributed by atoms with Gasteiger partial charge in [0, 0.05) is 25.0 Å². The van der Waals surface area contributed by atoms with Crippen LogP contribution >= 0.6 is 0 Å². The molecule has 0 unspecified atom stereocenters. The van der Waals surface area contributed by atoms with Crippen LogP contribution in [0.1, 0.15) is 47.0 Å². The van der Waals surface area contributed by atoms with Crippen molar-refractivity contribution >= 4 is 12.6 Å². The molecular weight excluding hydrogens is 293 g/mol. The van der Waals surface area contributed by atoms with Gasteiger partial charge in [0.15, 0.2) is 0 Å². The molecule has 2 fully saturated rings. The molecule has 0 amide bonds. The monoisotopic (exact) mass is 317 g/mol. The average molecular weight is 317 g/mol. The van der Waals surface area contributed by atoms with Crippen molar-refractivity contribution in [2.75, 3.05) is 7.11 Å². The molecule has 0 bridgehead atoms. The van der Waals surface area contributed by atoms with Crippen molar-refractivity contribution in [1.29, 1.82) is 5.26 Å². The molecule has 1 aromatic rings. The maximum Gasteiger partial charge on any atom is 0.498 e. The first-order chi connectivity index (χ1) is 10.7. The van der Waals surface area contributed by atoms with E-state index in [1.807, 2.05) is 38.6 Å². The molecule has 6 nitrogen and oxygen atoms in total. The van der Waals surface area contributed by atoms with Crippen molar-refractivity contribution in [2.24, 2.45) is 0 Å². The first-order valence-electron chi connectivity index (χ1n) is 8.03. The minimum atomic E-state index is -0.425. The van der Waals surface area contributed by atoms with Crippen LogP contribution < -0.4 is 5.46 Å². The highest BCUT2D eigenvalue weighted by molar-refractivity contribution is 6.62. The highest BCUT2D eigenvalue weighted by Gasteiger charge is 2.53. The normalized spacial score (nSPS) is 31.7. The number of methoxy groups -OCH3 is 1. The average Bonchev–Trinajstić information content (AvgIpc) is 2.97. The maximum atomic E-state index is 9.16. The molecule has 0 spiro atoms. The molecule has 0 atom stereocenters. The van der Waals surface area contributed by atoms with Crippen molar-refractivity contribution in [3.05, 3.63) is 12.4 Å². The summed E-state index contributed by atoms with van der Waals surface area (Å²) in [4.78, 5) is 0. The highest BCUT2D eigenvalue weighted by Crippen LogP contribution is 2.43. The van der Waals surface area contributed by atoms with Gasteiger partial charge in [-0.05, 0) is 40.5 Å². The summed E-state index contributed by atoms with van der Waals surface area (Å²) in [6.45, 7) is 8.13. The maximum absolute atomic E-state index is 9.16. The van der Waals surface area contributed by atoms with E-state index in [1.54, 1.807) is 13.3 Å². The molecule has 7 heteroatoms. The minimum Gasteiger partial charge on any atom is -0.399 e. The van der Waals surface area contributed by atoms with E-state index in [-0.39, 0.29) is 22.8 Å². The summed E-state index contributed by atoms with van der Waals surface area (Å²) >= 11 is 0. The van der Waals surface area contributed by atoms with Crippen molar-refractivity contribution in [3.8, 4) is 6.07 Å². The third-order valence-corrected chi connectivity index (χ3v) is 5.57. The Morgan fingerprint density at radius 3 is 2.48 bits per heavy atom. The molecule has 1 saturated heterocycles. The molecule has 124 valence electrons. The molecular formula is C16H24BN3O3. The minimum absolute atomic E-state index is 0.202. The molecule has 1 aliphatic carbocycles. The number of ether oxygens (including phenoxy) is 1. The van der Waals surface area contributed by atoms with Gasteiger partial charge in [0.05, 0.1) is 35.3 Å². The topological polar surface area (TPSA) is 69.3 Å². The van der Waals surface area contributed by atoms with Gasteiger partial charge in [0.2, 0.25) is 0 Å². The predicted molar refractivity (Wildman–Crippen MR) is 86.2 cm³/mol. The van der Waals surface area contributed by atoms with Gasteiger partial charge in [-0.3, -0.25) is 4.68 Å². The zero-order valence-electron chi connectivity index (χ0n) is 14.5. The van der Waals surface area contributed by atoms with Crippen molar-refractivity contribution in [1.82, 2.24) is 9.78 Å². The van der Waals surface area contributed by atoms with Gasteiger partial charge in [-0.15, -0.1) is 0 Å². The van der Waals surface area contributed by atoms with Gasteiger partial charge >= 0.3 is 7.12 Å². The molecule has 0 radical (unpaired) electrons. The number of nitrogens with zero attached hydrogens (tertiary/aromatic N) is 3. The summed E-state index contributed by atoms with van der Waals surface area (Å²) in [7, 11) is 1.28. The molecule has 1 saturated carbocycles. The van der Waals surface area contributed by atoms with E-state index in [0.717, 1.165) is 18.3 Å². The zero-order chi connectivity index (χ0) is 16.9. The van der Waals surface area contributed by atoms with E-state index in [9.17, 15) is 0 Å². The van der Waals surface area contributed by atoms with Crippen LogP contribution in [0.4, 0.5) is 0 Å². The van der Waals surface area contributed by atoms with Crippen LogP contribution in [0, 0.1) is 11.3 Å². The Balaban J connectivity index is 1.80. The van der Waals surface area contributed by atoms with Crippen LogP contribution in [-0.2, 0) is 19.6 Å². The molecule has 3 rings (SSSR count). The van der Waals surface area contributed by atoms with Gasteiger partial charge in [0.1, 0.15) is 0 Å². The highest BCUT2D eigenvalue weighted by atomic mass is 16.7. The number of aromatic nitrogens is 2. The van der Waals surface area contributed by atoms with Crippen molar-refractivity contribution in [2.45, 2.75) is 69.8 Å². The fraction of sp³-hybridized carbons (Fsp3) is 0.750. The number of rotatable bonds is 4. The SMILES string of the molecule is CO[C@H]1C[C@](CC#N)(n2cc(B3OC(C)(C)C(C)(C)O3)cn2)C1. The summed E-state index contributed by atoms with van der Waals surface area (Å²) in [5, 5.41) is 13.6. The Hall–Kier alpha value is -1.36. The van der Waals surface area contributed by atoms with Gasteiger partial charge < -0.3 is 14.0 Å². The van der Waals surface area contributed by atoms with Crippen LogP contribution in [-0.4, -0.2) is 41.3 Å². The van der Waals surface area contributed by atoms with Gasteiger partial charge in [-0.1, -0.05) is 0 Å². The summed E-state index contributed by atoms with van der Waals surface area (Å²) in [6.07, 6.45) is 5.97. The molecule has 0 N–H and O–H groups in total. The number of hydrogen-bond acceptors (Lipinski definition) is 5. The first kappa shape index (κ1) is 16.5. The second kappa shape index (κ2) is 5.33. The molecule has 2 aliphatic rings. The lowest BCUT2D eigenvalue weighted by molar-refractivity contribution is -0.0541. The van der Waals surface area contributed by atoms with Crippen LogP contribution in [0.15, 0.2) is 12.4 Å². The fourth-order valence-corrected chi connectivity index (χ4v) is 3.21. The van der Waals surface area contributed by atoms with Gasteiger partial charge in [0.25, 0.3) is 0 Å². The Morgan fingerprint density at radius 2 is 1.96 bits per heavy atom. The van der Waals surface area contributed by atoms with E-state index in [1.165, 1.54) is 0 Å². The molecule has 1 aliphatic heterocycles. The van der Waals surface area contributed by atoms with Gasteiger partial charge in [-0.25, -0.2) is 0 Å². The van der Waals surface area contributed by atoms with Crippen molar-refractivity contribution < 1.29 is 14.0 Å². The van der Waals surface area contributed by atoms with E-state index >= 15 is 0 Å². The lowest BCUT2D eigenvalue weighted by Gasteiger charge is -2.45. The Labute approximate surface area is 137 Å². The lowest BCUT2D eigenvalue weighted by Crippen LogP contribution is -2.50. The zero-order valence-corrected chi connectivity index (χ0v) is 14.5. The smallest absolute Gasteiger partial charge is 0.399 e. The summed E-state index contributed by atoms with van der Waals surface area (Å²) < 4.78 is 19.4. The summed E-state index contributed by atoms with van der Waals surface area (Å²) in [5.41, 5.74) is -0.123. The molecule has 0 aromatic carbocycles. The fourth-order valence-electron chi connectivity index (χ4n) is 3.21. The van der Waals surface area contributed by atoms with Gasteiger partial charge in [-0.2, -0.15) is 10.4 Å². The lowest BCUT2D eigenvalue weighted by atomic mass is 9.72. The quantitative estimate of drug-likeness (QED) is 0.789. The largest absolute Gasteiger partial charge is 0.498 e. The Morgan fingerprint density at radius 1 is 1.35 bits per heavy atom. The first-order valence-corrected chi connectivity index (χ1v) is 8.03. The predicted octanol–water partition coefficient (Wildman–Crippen LogP) is 1.60. The second-order valence-electron chi connectivity index (χ2n) is 7.63. The Bertz CT molecular complexity index is 613. The van der Waals surface area contributed by atoms with E-state index < -0.39 is 7.12 Å². The second-order valence-corrected chi connectivity index (χ2v) is 7.63. The third kappa shape index (κ3) is 2.59. The van der Waals surface area contributed by atoms with E-state index in [0.29, 0.717) is 6.42 Å². The van der Waals surface area contributed by atoms with Crippen LogP contribution in [0.25, 0.3) is 0 Å². The van der Waals surface area contributed by atoms with Crippen LogP contribution in [0.2, 0.25) is 0 Å². The number of hydrogen-bond donors (Lipinski definition) is 0. The van der Waals surface area contributed by atoms with Crippen molar-refractivity contribution in [3.63, 3.8) is 0 Å². The van der Waals surface area contributed by atoms with Crippen LogP contribution in [0.5, 0.6) is 0 Å². The molecule has 2 heterocycles. The van der Waals surface area contributed by atoms with E-state index in [2.05, 4.69) is 11.2 Å². The standard InChI is InChI=1S/C16H24BN3O3/c1-14(2)15(3,4)23-17(22-14)12-10-19-20(11-12)16(6-7-18)8-13(9-16)21-5/h10-11,13H,6,8-9H2,1-5H3/t13-,16-. The summed E-state index contributed by atoms with van der Waals surface area (Å²) in [5.74, 6) is 0. The third-order valence-electron chi connectivity index (χ3n) is 5.57. The molecule has 23 heavy (non-hydrogen) atoms. The van der Waals surface area contributed by atoms with Crippen LogP contribution in [0.3, 0.4) is 0 Å². The van der Waals surface area contributed by atoms with E-state index in [4.69, 9.17) is 19.3 Å². The Kier molecular flexibility index (Phi) is 3.83.